The van der Waals surface area contributed by atoms with Crippen LogP contribution in [0.2, 0.25) is 0 Å². The highest BCUT2D eigenvalue weighted by molar-refractivity contribution is 9.08. The summed E-state index contributed by atoms with van der Waals surface area (Å²) in [5, 5.41) is 0.927. The number of ether oxygens (including phenoxy) is 1. The van der Waals surface area contributed by atoms with Gasteiger partial charge in [0.15, 0.2) is 0 Å². The fourth-order valence-electron chi connectivity index (χ4n) is 2.73. The Morgan fingerprint density at radius 2 is 2.26 bits per heavy atom. The standard InChI is InChI=1S/C16H24BrNO/c1-3-9-19-15-5-4-8-18(12-15)16-7-6-14(11-17)10-13(16)2/h6-7,10,15H,3-5,8-9,11-12H2,1-2H3. The van der Waals surface area contributed by atoms with Gasteiger partial charge < -0.3 is 9.64 Å². The van der Waals surface area contributed by atoms with Crippen molar-refractivity contribution < 1.29 is 4.74 Å². The molecule has 2 rings (SSSR count). The van der Waals surface area contributed by atoms with E-state index in [0.29, 0.717) is 6.10 Å². The van der Waals surface area contributed by atoms with E-state index in [0.717, 1.165) is 31.4 Å². The Kier molecular flexibility index (Phi) is 5.71. The van der Waals surface area contributed by atoms with Crippen LogP contribution >= 0.6 is 15.9 Å². The molecule has 0 aliphatic carbocycles. The molecule has 19 heavy (non-hydrogen) atoms. The van der Waals surface area contributed by atoms with Gasteiger partial charge in [0, 0.05) is 30.7 Å². The molecule has 1 aromatic rings. The fraction of sp³-hybridized carbons (Fsp3) is 0.625. The molecule has 0 spiro atoms. The van der Waals surface area contributed by atoms with Crippen molar-refractivity contribution in [2.75, 3.05) is 24.6 Å². The highest BCUT2D eigenvalue weighted by atomic mass is 79.9. The molecule has 1 unspecified atom stereocenters. The third-order valence-electron chi connectivity index (χ3n) is 3.69. The molecule has 3 heteroatoms. The summed E-state index contributed by atoms with van der Waals surface area (Å²) in [5.74, 6) is 0. The number of alkyl halides is 1. The zero-order valence-electron chi connectivity index (χ0n) is 12.0. The Labute approximate surface area is 125 Å². The predicted octanol–water partition coefficient (Wildman–Crippen LogP) is 4.29. The molecular formula is C16H24BrNO. The largest absolute Gasteiger partial charge is 0.376 e. The van der Waals surface area contributed by atoms with Crippen molar-refractivity contribution in [3.63, 3.8) is 0 Å². The number of benzene rings is 1. The van der Waals surface area contributed by atoms with Gasteiger partial charge in [-0.05, 0) is 43.4 Å². The minimum absolute atomic E-state index is 0.406. The Morgan fingerprint density at radius 3 is 2.95 bits per heavy atom. The summed E-state index contributed by atoms with van der Waals surface area (Å²) in [5.41, 5.74) is 4.08. The topological polar surface area (TPSA) is 12.5 Å². The smallest absolute Gasteiger partial charge is 0.0750 e. The number of piperidine rings is 1. The zero-order valence-corrected chi connectivity index (χ0v) is 13.6. The van der Waals surface area contributed by atoms with Gasteiger partial charge >= 0.3 is 0 Å². The minimum Gasteiger partial charge on any atom is -0.376 e. The number of rotatable bonds is 5. The number of hydrogen-bond acceptors (Lipinski definition) is 2. The van der Waals surface area contributed by atoms with Gasteiger partial charge in [-0.25, -0.2) is 0 Å². The highest BCUT2D eigenvalue weighted by Gasteiger charge is 2.21. The summed E-state index contributed by atoms with van der Waals surface area (Å²) in [6, 6.07) is 6.75. The van der Waals surface area contributed by atoms with Crippen LogP contribution in [0.4, 0.5) is 5.69 Å². The molecule has 0 radical (unpaired) electrons. The van der Waals surface area contributed by atoms with E-state index < -0.39 is 0 Å². The van der Waals surface area contributed by atoms with Gasteiger partial charge in [0.25, 0.3) is 0 Å². The average molecular weight is 326 g/mol. The van der Waals surface area contributed by atoms with Crippen molar-refractivity contribution in [3.05, 3.63) is 29.3 Å². The van der Waals surface area contributed by atoms with Gasteiger partial charge in [-0.2, -0.15) is 0 Å². The fourth-order valence-corrected chi connectivity index (χ4v) is 3.08. The maximum absolute atomic E-state index is 5.92. The molecule has 0 aromatic heterocycles. The Hall–Kier alpha value is -0.540. The molecule has 0 saturated carbocycles. The lowest BCUT2D eigenvalue weighted by Gasteiger charge is -2.35. The van der Waals surface area contributed by atoms with E-state index >= 15 is 0 Å². The Morgan fingerprint density at radius 1 is 1.42 bits per heavy atom. The van der Waals surface area contributed by atoms with Crippen molar-refractivity contribution in [2.24, 2.45) is 0 Å². The monoisotopic (exact) mass is 325 g/mol. The van der Waals surface area contributed by atoms with E-state index in [2.05, 4.69) is 52.9 Å². The number of hydrogen-bond donors (Lipinski definition) is 0. The van der Waals surface area contributed by atoms with Gasteiger partial charge in [-0.15, -0.1) is 0 Å². The molecule has 1 atom stereocenters. The highest BCUT2D eigenvalue weighted by Crippen LogP contribution is 2.26. The van der Waals surface area contributed by atoms with Gasteiger partial charge in [-0.3, -0.25) is 0 Å². The van der Waals surface area contributed by atoms with E-state index in [4.69, 9.17) is 4.74 Å². The van der Waals surface area contributed by atoms with Gasteiger partial charge in [0.05, 0.1) is 6.10 Å². The first kappa shape index (κ1) is 14.9. The molecular weight excluding hydrogens is 302 g/mol. The van der Waals surface area contributed by atoms with E-state index in [1.165, 1.54) is 29.7 Å². The van der Waals surface area contributed by atoms with Crippen LogP contribution in [-0.4, -0.2) is 25.8 Å². The van der Waals surface area contributed by atoms with Crippen LogP contribution in [-0.2, 0) is 10.1 Å². The molecule has 106 valence electrons. The SMILES string of the molecule is CCCOC1CCCN(c2ccc(CBr)cc2C)C1. The number of anilines is 1. The minimum atomic E-state index is 0.406. The number of nitrogens with zero attached hydrogens (tertiary/aromatic N) is 1. The second kappa shape index (κ2) is 7.30. The molecule has 0 amide bonds. The normalized spacial score (nSPS) is 19.7. The first-order valence-corrected chi connectivity index (χ1v) is 8.38. The molecule has 1 aliphatic heterocycles. The van der Waals surface area contributed by atoms with Crippen LogP contribution in [0.15, 0.2) is 18.2 Å². The van der Waals surface area contributed by atoms with Gasteiger partial charge in [0.2, 0.25) is 0 Å². The summed E-state index contributed by atoms with van der Waals surface area (Å²) in [6.45, 7) is 7.46. The average Bonchev–Trinajstić information content (AvgIpc) is 2.45. The summed E-state index contributed by atoms with van der Waals surface area (Å²) < 4.78 is 5.92. The quantitative estimate of drug-likeness (QED) is 0.749. The summed E-state index contributed by atoms with van der Waals surface area (Å²) in [6.07, 6.45) is 3.95. The maximum atomic E-state index is 5.92. The van der Waals surface area contributed by atoms with Crippen LogP contribution in [0.25, 0.3) is 0 Å². The van der Waals surface area contributed by atoms with Crippen molar-refractivity contribution in [1.29, 1.82) is 0 Å². The Bertz CT molecular complexity index is 408. The van der Waals surface area contributed by atoms with Crippen LogP contribution in [0.3, 0.4) is 0 Å². The predicted molar refractivity (Wildman–Crippen MR) is 85.3 cm³/mol. The molecule has 0 bridgehead atoms. The van der Waals surface area contributed by atoms with Crippen LogP contribution < -0.4 is 4.90 Å². The van der Waals surface area contributed by atoms with Crippen LogP contribution in [0, 0.1) is 6.92 Å². The van der Waals surface area contributed by atoms with Gasteiger partial charge in [-0.1, -0.05) is 35.0 Å². The molecule has 1 aliphatic rings. The maximum Gasteiger partial charge on any atom is 0.0750 e. The first-order valence-electron chi connectivity index (χ1n) is 7.26. The van der Waals surface area contributed by atoms with Crippen LogP contribution in [0.5, 0.6) is 0 Å². The number of aryl methyl sites for hydroxylation is 1. The van der Waals surface area contributed by atoms with E-state index in [1.807, 2.05) is 0 Å². The van der Waals surface area contributed by atoms with E-state index in [-0.39, 0.29) is 0 Å². The van der Waals surface area contributed by atoms with Crippen LogP contribution in [0.1, 0.15) is 37.3 Å². The van der Waals surface area contributed by atoms with Crippen molar-refractivity contribution >= 4 is 21.6 Å². The van der Waals surface area contributed by atoms with Crippen molar-refractivity contribution in [3.8, 4) is 0 Å². The lowest BCUT2D eigenvalue weighted by Crippen LogP contribution is -2.40. The lowest BCUT2D eigenvalue weighted by atomic mass is 10.0. The lowest BCUT2D eigenvalue weighted by molar-refractivity contribution is 0.0440. The summed E-state index contributed by atoms with van der Waals surface area (Å²) in [7, 11) is 0. The molecule has 0 N–H and O–H groups in total. The molecule has 1 fully saturated rings. The van der Waals surface area contributed by atoms with E-state index in [1.54, 1.807) is 0 Å². The third kappa shape index (κ3) is 3.96. The molecule has 1 aromatic carbocycles. The van der Waals surface area contributed by atoms with Crippen molar-refractivity contribution in [1.82, 2.24) is 0 Å². The molecule has 1 saturated heterocycles. The molecule has 1 heterocycles. The number of halogens is 1. The molecule has 2 nitrogen and oxygen atoms in total. The van der Waals surface area contributed by atoms with Crippen molar-refractivity contribution in [2.45, 2.75) is 44.5 Å². The Balaban J connectivity index is 2.04. The van der Waals surface area contributed by atoms with Gasteiger partial charge in [0.1, 0.15) is 0 Å². The summed E-state index contributed by atoms with van der Waals surface area (Å²) in [4.78, 5) is 2.48. The second-order valence-electron chi connectivity index (χ2n) is 5.34. The zero-order chi connectivity index (χ0) is 13.7. The van der Waals surface area contributed by atoms with E-state index in [9.17, 15) is 0 Å². The third-order valence-corrected chi connectivity index (χ3v) is 4.34. The second-order valence-corrected chi connectivity index (χ2v) is 5.90. The summed E-state index contributed by atoms with van der Waals surface area (Å²) >= 11 is 3.52. The first-order chi connectivity index (χ1) is 9.24.